The van der Waals surface area contributed by atoms with E-state index in [1.54, 1.807) is 6.92 Å². The van der Waals surface area contributed by atoms with E-state index in [1.807, 2.05) is 36.1 Å². The second kappa shape index (κ2) is 8.91. The van der Waals surface area contributed by atoms with Crippen molar-refractivity contribution in [2.75, 3.05) is 13.1 Å². The summed E-state index contributed by atoms with van der Waals surface area (Å²) < 4.78 is 2.41. The Morgan fingerprint density at radius 3 is 2.52 bits per heavy atom. The summed E-state index contributed by atoms with van der Waals surface area (Å²) in [6.07, 6.45) is 1.10. The van der Waals surface area contributed by atoms with Crippen LogP contribution in [0.15, 0.2) is 38.6 Å². The van der Waals surface area contributed by atoms with Gasteiger partial charge in [-0.05, 0) is 63.2 Å². The fraction of sp³-hybridized carbons (Fsp3) is 0.368. The van der Waals surface area contributed by atoms with Crippen LogP contribution in [0.2, 0.25) is 0 Å². The van der Waals surface area contributed by atoms with E-state index in [-0.39, 0.29) is 11.5 Å². The summed E-state index contributed by atoms with van der Waals surface area (Å²) in [7, 11) is 0. The van der Waals surface area contributed by atoms with E-state index in [0.717, 1.165) is 10.2 Å². The Morgan fingerprint density at radius 2 is 1.93 bits per heavy atom. The van der Waals surface area contributed by atoms with Crippen molar-refractivity contribution in [3.05, 3.63) is 50.3 Å². The Labute approximate surface area is 181 Å². The molecule has 0 amide bonds. The Hall–Kier alpha value is -2.46. The maximum atomic E-state index is 12.9. The first-order valence-electron chi connectivity index (χ1n) is 9.18. The van der Waals surface area contributed by atoms with E-state index in [1.165, 1.54) is 4.68 Å². The summed E-state index contributed by atoms with van der Waals surface area (Å²) in [6, 6.07) is 7.41. The van der Waals surface area contributed by atoms with Gasteiger partial charge >= 0.3 is 5.97 Å². The summed E-state index contributed by atoms with van der Waals surface area (Å²) in [5.41, 5.74) is 5.07. The molecule has 0 radical (unpaired) electrons. The van der Waals surface area contributed by atoms with E-state index in [4.69, 9.17) is 17.3 Å². The van der Waals surface area contributed by atoms with E-state index < -0.39 is 5.97 Å². The number of H-pyrrole nitrogens is 1. The largest absolute Gasteiger partial charge is 0.481 e. The lowest BCUT2D eigenvalue weighted by atomic mass is 9.97. The van der Waals surface area contributed by atoms with E-state index >= 15 is 0 Å². The number of aromatic nitrogens is 2. The predicted molar refractivity (Wildman–Crippen MR) is 119 cm³/mol. The monoisotopic (exact) mass is 479 g/mol. The number of likely N-dealkylation sites (tertiary alicyclic amines) is 1. The minimum absolute atomic E-state index is 0.193. The van der Waals surface area contributed by atoms with Crippen molar-refractivity contribution in [1.29, 1.82) is 0 Å². The van der Waals surface area contributed by atoms with Gasteiger partial charge in [-0.3, -0.25) is 20.1 Å². The number of hydrogen-bond acceptors (Lipinski definition) is 4. The SMILES string of the molecule is CC(=NNC(=S)N1CCC(C(=O)O)CC1)c1c(C)[nH]n(-c2ccc(Br)cc2)c1=O. The zero-order valence-electron chi connectivity index (χ0n) is 16.1. The molecule has 1 aromatic carbocycles. The zero-order valence-corrected chi connectivity index (χ0v) is 18.5. The van der Waals surface area contributed by atoms with Crippen molar-refractivity contribution in [2.24, 2.45) is 11.0 Å². The highest BCUT2D eigenvalue weighted by Crippen LogP contribution is 2.17. The Morgan fingerprint density at radius 1 is 1.31 bits per heavy atom. The molecular weight excluding hydrogens is 458 g/mol. The molecule has 3 rings (SSSR count). The molecule has 10 heteroatoms. The molecule has 0 spiro atoms. The summed E-state index contributed by atoms with van der Waals surface area (Å²) in [6.45, 7) is 4.70. The fourth-order valence-corrected chi connectivity index (χ4v) is 3.83. The third kappa shape index (κ3) is 4.76. The third-order valence-corrected chi connectivity index (χ3v) is 5.85. The number of piperidine rings is 1. The topological polar surface area (TPSA) is 103 Å². The number of rotatable bonds is 4. The molecule has 1 aliphatic heterocycles. The van der Waals surface area contributed by atoms with Crippen molar-refractivity contribution >= 4 is 44.9 Å². The summed E-state index contributed by atoms with van der Waals surface area (Å²) >= 11 is 8.76. The fourth-order valence-electron chi connectivity index (χ4n) is 3.33. The smallest absolute Gasteiger partial charge is 0.306 e. The number of aliphatic carboxylic acids is 1. The number of aryl methyl sites for hydroxylation is 1. The summed E-state index contributed by atoms with van der Waals surface area (Å²) in [4.78, 5) is 25.8. The van der Waals surface area contributed by atoms with Crippen molar-refractivity contribution < 1.29 is 9.90 Å². The molecule has 1 aliphatic rings. The molecule has 1 saturated heterocycles. The van der Waals surface area contributed by atoms with Crippen LogP contribution < -0.4 is 11.0 Å². The first-order valence-corrected chi connectivity index (χ1v) is 10.4. The summed E-state index contributed by atoms with van der Waals surface area (Å²) in [5, 5.41) is 16.9. The molecule has 2 heterocycles. The highest BCUT2D eigenvalue weighted by atomic mass is 79.9. The van der Waals surface area contributed by atoms with E-state index in [9.17, 15) is 9.59 Å². The van der Waals surface area contributed by atoms with Gasteiger partial charge < -0.3 is 10.0 Å². The molecule has 0 unspecified atom stereocenters. The van der Waals surface area contributed by atoms with Crippen molar-refractivity contribution in [1.82, 2.24) is 20.1 Å². The normalized spacial score (nSPS) is 15.4. The highest BCUT2D eigenvalue weighted by molar-refractivity contribution is 9.10. The standard InChI is InChI=1S/C19H22BrN5O3S/c1-11(21-22-19(29)24-9-7-13(8-10-24)18(27)28)16-12(2)23-25(17(16)26)15-5-3-14(20)4-6-15/h3-6,13,23H,7-10H2,1-2H3,(H,22,29)(H,27,28). The van der Waals surface area contributed by atoms with Gasteiger partial charge in [0.2, 0.25) is 0 Å². The molecule has 0 atom stereocenters. The zero-order chi connectivity index (χ0) is 21.1. The second-order valence-corrected chi connectivity index (χ2v) is 8.24. The first-order chi connectivity index (χ1) is 13.8. The van der Waals surface area contributed by atoms with Crippen LogP contribution in [-0.2, 0) is 4.79 Å². The van der Waals surface area contributed by atoms with Gasteiger partial charge in [0.05, 0.1) is 22.9 Å². The minimum atomic E-state index is -0.762. The number of nitrogens with zero attached hydrogens (tertiary/aromatic N) is 3. The number of carboxylic acids is 1. The van der Waals surface area contributed by atoms with Crippen molar-refractivity contribution in [3.8, 4) is 5.69 Å². The van der Waals surface area contributed by atoms with Crippen molar-refractivity contribution in [2.45, 2.75) is 26.7 Å². The number of aromatic amines is 1. The van der Waals surface area contributed by atoms with Crippen LogP contribution >= 0.6 is 28.1 Å². The van der Waals surface area contributed by atoms with Gasteiger partial charge in [0.25, 0.3) is 5.56 Å². The number of hydrazone groups is 1. The Balaban J connectivity index is 1.72. The predicted octanol–water partition coefficient (Wildman–Crippen LogP) is 2.63. The maximum Gasteiger partial charge on any atom is 0.306 e. The minimum Gasteiger partial charge on any atom is -0.481 e. The van der Waals surface area contributed by atoms with Crippen LogP contribution in [-0.4, -0.2) is 49.7 Å². The molecule has 2 aromatic rings. The molecule has 1 fully saturated rings. The molecular formula is C19H22BrN5O3S. The van der Waals surface area contributed by atoms with Gasteiger partial charge in [-0.15, -0.1) is 0 Å². The van der Waals surface area contributed by atoms with Gasteiger partial charge in [-0.25, -0.2) is 4.68 Å². The molecule has 8 nitrogen and oxygen atoms in total. The summed E-state index contributed by atoms with van der Waals surface area (Å²) in [5.74, 6) is -1.08. The van der Waals surface area contributed by atoms with Gasteiger partial charge in [0, 0.05) is 23.3 Å². The number of carboxylic acid groups (broad SMARTS) is 1. The van der Waals surface area contributed by atoms with Crippen LogP contribution in [0, 0.1) is 12.8 Å². The average Bonchev–Trinajstić information content (AvgIpc) is 3.00. The Bertz CT molecular complexity index is 1000. The number of thiocarbonyl (C=S) groups is 1. The van der Waals surface area contributed by atoms with Gasteiger partial charge in [0.15, 0.2) is 5.11 Å². The van der Waals surface area contributed by atoms with Gasteiger partial charge in [-0.1, -0.05) is 15.9 Å². The molecule has 154 valence electrons. The second-order valence-electron chi connectivity index (χ2n) is 6.94. The van der Waals surface area contributed by atoms with Crippen molar-refractivity contribution in [3.63, 3.8) is 0 Å². The number of nitrogens with one attached hydrogen (secondary N) is 2. The van der Waals surface area contributed by atoms with Crippen LogP contribution in [0.4, 0.5) is 0 Å². The lowest BCUT2D eigenvalue weighted by Crippen LogP contribution is -2.44. The highest BCUT2D eigenvalue weighted by Gasteiger charge is 2.25. The molecule has 0 aliphatic carbocycles. The number of hydrogen-bond donors (Lipinski definition) is 3. The van der Waals surface area contributed by atoms with Crippen LogP contribution in [0.3, 0.4) is 0 Å². The lowest BCUT2D eigenvalue weighted by molar-refractivity contribution is -0.143. The van der Waals surface area contributed by atoms with E-state index in [0.29, 0.717) is 48.0 Å². The molecule has 1 aromatic heterocycles. The average molecular weight is 480 g/mol. The third-order valence-electron chi connectivity index (χ3n) is 4.97. The number of carbonyl (C=O) groups is 1. The Kier molecular flexibility index (Phi) is 6.53. The lowest BCUT2D eigenvalue weighted by Gasteiger charge is -2.31. The van der Waals surface area contributed by atoms with Gasteiger partial charge in [0.1, 0.15) is 0 Å². The first kappa shape index (κ1) is 21.3. The van der Waals surface area contributed by atoms with Crippen LogP contribution in [0.1, 0.15) is 31.0 Å². The van der Waals surface area contributed by atoms with Crippen LogP contribution in [0.5, 0.6) is 0 Å². The quantitative estimate of drug-likeness (QED) is 0.353. The van der Waals surface area contributed by atoms with Crippen LogP contribution in [0.25, 0.3) is 5.69 Å². The molecule has 0 bridgehead atoms. The maximum absolute atomic E-state index is 12.9. The molecule has 29 heavy (non-hydrogen) atoms. The van der Waals surface area contributed by atoms with Gasteiger partial charge in [-0.2, -0.15) is 5.10 Å². The molecule has 0 saturated carbocycles. The number of halogens is 1. The molecule has 3 N–H and O–H groups in total. The van der Waals surface area contributed by atoms with E-state index in [2.05, 4.69) is 31.6 Å². The number of benzene rings is 1.